The minimum Gasteiger partial charge on any atom is -0.480 e. The Hall–Kier alpha value is -1.56. The molecular weight excluding hydrogens is 323 g/mol. The summed E-state index contributed by atoms with van der Waals surface area (Å²) in [6.07, 6.45) is 0. The molecule has 2 rings (SSSR count). The lowest BCUT2D eigenvalue weighted by Gasteiger charge is -2.09. The zero-order chi connectivity index (χ0) is 14.7. The molecule has 1 heterocycles. The monoisotopic (exact) mass is 330 g/mol. The second-order valence-corrected chi connectivity index (χ2v) is 5.49. The van der Waals surface area contributed by atoms with Crippen LogP contribution in [0.2, 0.25) is 10.0 Å². The van der Waals surface area contributed by atoms with Crippen molar-refractivity contribution in [2.24, 2.45) is 0 Å². The largest absolute Gasteiger partial charge is 0.480 e. The first-order valence-electron chi connectivity index (χ1n) is 5.41. The molecule has 0 unspecified atom stereocenters. The number of carbonyl (C=O) groups excluding carboxylic acids is 1. The van der Waals surface area contributed by atoms with E-state index in [1.54, 1.807) is 17.5 Å². The van der Waals surface area contributed by atoms with Gasteiger partial charge in [-0.1, -0.05) is 29.3 Å². The van der Waals surface area contributed by atoms with Gasteiger partial charge in [0, 0.05) is 5.56 Å². The number of benzene rings is 1. The second-order valence-electron chi connectivity index (χ2n) is 3.76. The smallest absolute Gasteiger partial charge is 0.341 e. The minimum atomic E-state index is -1.15. The standard InChI is InChI=1S/C13H8Cl2O4S/c14-8-4-7(13(18)10-2-1-3-20-10)5-9(12(8)15)19-6-11(16)17/h1-5H,6H2,(H,16,17). The Morgan fingerprint density at radius 3 is 2.65 bits per heavy atom. The third-order valence-corrected chi connectivity index (χ3v) is 4.01. The predicted molar refractivity (Wildman–Crippen MR) is 77.3 cm³/mol. The number of aliphatic carboxylic acids is 1. The number of carboxylic acids is 1. The fraction of sp³-hybridized carbons (Fsp3) is 0.0769. The highest BCUT2D eigenvalue weighted by atomic mass is 35.5. The summed E-state index contributed by atoms with van der Waals surface area (Å²) in [5.74, 6) is -1.30. The van der Waals surface area contributed by atoms with Crippen molar-refractivity contribution in [1.82, 2.24) is 0 Å². The van der Waals surface area contributed by atoms with E-state index in [-0.39, 0.29) is 21.6 Å². The van der Waals surface area contributed by atoms with Crippen molar-refractivity contribution in [3.8, 4) is 5.75 Å². The molecular formula is C13H8Cl2O4S. The number of rotatable bonds is 5. The Labute approximate surface area is 128 Å². The van der Waals surface area contributed by atoms with Crippen LogP contribution in [-0.2, 0) is 4.79 Å². The Balaban J connectivity index is 2.35. The summed E-state index contributed by atoms with van der Waals surface area (Å²) in [5.41, 5.74) is 0.294. The molecule has 7 heteroatoms. The van der Waals surface area contributed by atoms with Crippen LogP contribution in [0.1, 0.15) is 15.2 Å². The van der Waals surface area contributed by atoms with Gasteiger partial charge in [-0.15, -0.1) is 11.3 Å². The molecule has 0 amide bonds. The molecule has 104 valence electrons. The third kappa shape index (κ3) is 3.30. The Kier molecular flexibility index (Phi) is 4.65. The number of ether oxygens (including phenoxy) is 1. The molecule has 4 nitrogen and oxygen atoms in total. The third-order valence-electron chi connectivity index (χ3n) is 2.35. The van der Waals surface area contributed by atoms with Crippen LogP contribution in [0.4, 0.5) is 0 Å². The summed E-state index contributed by atoms with van der Waals surface area (Å²) in [6, 6.07) is 6.27. The zero-order valence-corrected chi connectivity index (χ0v) is 12.3. The van der Waals surface area contributed by atoms with Crippen LogP contribution in [-0.4, -0.2) is 23.5 Å². The van der Waals surface area contributed by atoms with Crippen LogP contribution in [0, 0.1) is 0 Å². The van der Waals surface area contributed by atoms with Crippen molar-refractivity contribution in [2.45, 2.75) is 0 Å². The maximum absolute atomic E-state index is 12.2. The van der Waals surface area contributed by atoms with E-state index in [1.807, 2.05) is 0 Å². The highest BCUT2D eigenvalue weighted by molar-refractivity contribution is 7.12. The van der Waals surface area contributed by atoms with Crippen LogP contribution in [0.15, 0.2) is 29.6 Å². The van der Waals surface area contributed by atoms with Crippen LogP contribution >= 0.6 is 34.5 Å². The molecule has 2 aromatic rings. The molecule has 0 fully saturated rings. The molecule has 1 aromatic heterocycles. The Morgan fingerprint density at radius 2 is 2.05 bits per heavy atom. The molecule has 0 radical (unpaired) electrons. The highest BCUT2D eigenvalue weighted by Crippen LogP contribution is 2.34. The molecule has 0 saturated heterocycles. The maximum Gasteiger partial charge on any atom is 0.341 e. The predicted octanol–water partition coefficient (Wildman–Crippen LogP) is 3.75. The summed E-state index contributed by atoms with van der Waals surface area (Å²) < 4.78 is 5.02. The van der Waals surface area contributed by atoms with E-state index in [4.69, 9.17) is 33.0 Å². The lowest BCUT2D eigenvalue weighted by atomic mass is 10.1. The number of hydrogen-bond acceptors (Lipinski definition) is 4. The van der Waals surface area contributed by atoms with E-state index in [0.29, 0.717) is 10.4 Å². The average Bonchev–Trinajstić information content (AvgIpc) is 2.93. The molecule has 0 aliphatic heterocycles. The number of ketones is 1. The van der Waals surface area contributed by atoms with Gasteiger partial charge in [0.05, 0.1) is 9.90 Å². The normalized spacial score (nSPS) is 10.3. The Bertz CT molecular complexity index is 653. The van der Waals surface area contributed by atoms with Gasteiger partial charge in [-0.3, -0.25) is 4.79 Å². The molecule has 20 heavy (non-hydrogen) atoms. The van der Waals surface area contributed by atoms with Crippen molar-refractivity contribution in [1.29, 1.82) is 0 Å². The van der Waals surface area contributed by atoms with Gasteiger partial charge >= 0.3 is 5.97 Å². The van der Waals surface area contributed by atoms with Gasteiger partial charge < -0.3 is 9.84 Å². The van der Waals surface area contributed by atoms with Crippen LogP contribution in [0.25, 0.3) is 0 Å². The van der Waals surface area contributed by atoms with E-state index >= 15 is 0 Å². The van der Waals surface area contributed by atoms with E-state index in [9.17, 15) is 9.59 Å². The van der Waals surface area contributed by atoms with E-state index < -0.39 is 12.6 Å². The molecule has 0 saturated carbocycles. The maximum atomic E-state index is 12.2. The number of thiophene rings is 1. The van der Waals surface area contributed by atoms with Crippen molar-refractivity contribution in [3.05, 3.63) is 50.1 Å². The second kappa shape index (κ2) is 6.26. The molecule has 1 N–H and O–H groups in total. The van der Waals surface area contributed by atoms with Crippen LogP contribution in [0.3, 0.4) is 0 Å². The minimum absolute atomic E-state index is 0.0708. The number of carbonyl (C=O) groups is 2. The first-order valence-corrected chi connectivity index (χ1v) is 7.04. The fourth-order valence-corrected chi connectivity index (χ4v) is 2.55. The van der Waals surface area contributed by atoms with Crippen molar-refractivity contribution >= 4 is 46.3 Å². The van der Waals surface area contributed by atoms with Crippen molar-refractivity contribution < 1.29 is 19.4 Å². The van der Waals surface area contributed by atoms with Gasteiger partial charge in [0.2, 0.25) is 5.78 Å². The summed E-state index contributed by atoms with van der Waals surface area (Å²) in [4.78, 5) is 23.3. The van der Waals surface area contributed by atoms with Crippen LogP contribution in [0.5, 0.6) is 5.75 Å². The van der Waals surface area contributed by atoms with Gasteiger partial charge in [0.25, 0.3) is 0 Å². The first-order chi connectivity index (χ1) is 9.49. The molecule has 0 spiro atoms. The number of carboxylic acid groups (broad SMARTS) is 1. The summed E-state index contributed by atoms with van der Waals surface area (Å²) in [5, 5.41) is 10.6. The average molecular weight is 331 g/mol. The van der Waals surface area contributed by atoms with Crippen molar-refractivity contribution in [3.63, 3.8) is 0 Å². The van der Waals surface area contributed by atoms with E-state index in [2.05, 4.69) is 0 Å². The van der Waals surface area contributed by atoms with Gasteiger partial charge in [0.1, 0.15) is 10.8 Å². The van der Waals surface area contributed by atoms with Gasteiger partial charge in [-0.2, -0.15) is 0 Å². The SMILES string of the molecule is O=C(O)COc1cc(C(=O)c2cccs2)cc(Cl)c1Cl. The molecule has 0 aliphatic rings. The molecule has 0 atom stereocenters. The van der Waals surface area contributed by atoms with Crippen LogP contribution < -0.4 is 4.74 Å². The van der Waals surface area contributed by atoms with Gasteiger partial charge in [-0.25, -0.2) is 4.79 Å². The summed E-state index contributed by atoms with van der Waals surface area (Å²) in [7, 11) is 0. The molecule has 1 aromatic carbocycles. The fourth-order valence-electron chi connectivity index (χ4n) is 1.49. The molecule has 0 aliphatic carbocycles. The lowest BCUT2D eigenvalue weighted by Crippen LogP contribution is -2.10. The van der Waals surface area contributed by atoms with Gasteiger partial charge in [0.15, 0.2) is 6.61 Å². The number of hydrogen-bond donors (Lipinski definition) is 1. The summed E-state index contributed by atoms with van der Waals surface area (Å²) >= 11 is 13.2. The van der Waals surface area contributed by atoms with E-state index in [0.717, 1.165) is 0 Å². The van der Waals surface area contributed by atoms with Gasteiger partial charge in [-0.05, 0) is 23.6 Å². The topological polar surface area (TPSA) is 63.6 Å². The number of halogens is 2. The highest BCUT2D eigenvalue weighted by Gasteiger charge is 2.16. The quantitative estimate of drug-likeness (QED) is 0.848. The Morgan fingerprint density at radius 1 is 1.30 bits per heavy atom. The summed E-state index contributed by atoms with van der Waals surface area (Å²) in [6.45, 7) is -0.563. The van der Waals surface area contributed by atoms with E-state index in [1.165, 1.54) is 23.5 Å². The molecule has 0 bridgehead atoms. The zero-order valence-electron chi connectivity index (χ0n) is 9.93. The van der Waals surface area contributed by atoms with Crippen molar-refractivity contribution in [2.75, 3.05) is 6.61 Å². The first kappa shape index (κ1) is 14.8. The lowest BCUT2D eigenvalue weighted by molar-refractivity contribution is -0.139.